The first-order valence-corrected chi connectivity index (χ1v) is 13.3. The summed E-state index contributed by atoms with van der Waals surface area (Å²) in [5.41, 5.74) is 5.71. The Morgan fingerprint density at radius 2 is 1.73 bits per heavy atom. The molecule has 9 heteroatoms. The van der Waals surface area contributed by atoms with Crippen LogP contribution in [0.5, 0.6) is 0 Å². The molecule has 0 unspecified atom stereocenters. The predicted octanol–water partition coefficient (Wildman–Crippen LogP) is 6.76. The first-order chi connectivity index (χ1) is 17.9. The van der Waals surface area contributed by atoms with E-state index in [0.717, 1.165) is 27.7 Å². The van der Waals surface area contributed by atoms with Gasteiger partial charge in [-0.05, 0) is 93.1 Å². The third-order valence-corrected chi connectivity index (χ3v) is 8.07. The van der Waals surface area contributed by atoms with Crippen molar-refractivity contribution in [3.8, 4) is 0 Å². The van der Waals surface area contributed by atoms with Gasteiger partial charge in [-0.25, -0.2) is 0 Å². The van der Waals surface area contributed by atoms with Crippen molar-refractivity contribution in [2.24, 2.45) is 0 Å². The van der Waals surface area contributed by atoms with Gasteiger partial charge in [-0.3, -0.25) is 15.1 Å². The molecule has 37 heavy (non-hydrogen) atoms. The predicted molar refractivity (Wildman–Crippen MR) is 151 cm³/mol. The fourth-order valence-corrected chi connectivity index (χ4v) is 6.17. The van der Waals surface area contributed by atoms with E-state index in [2.05, 4.69) is 70.9 Å². The van der Waals surface area contributed by atoms with Gasteiger partial charge in [-0.1, -0.05) is 17.8 Å². The second-order valence-electron chi connectivity index (χ2n) is 8.91. The highest BCUT2D eigenvalue weighted by atomic mass is 32.2. The molecule has 0 amide bonds. The van der Waals surface area contributed by atoms with Crippen molar-refractivity contribution in [1.82, 2.24) is 14.9 Å². The smallest absolute Gasteiger partial charge is 0.269 e. The number of nitrogens with zero attached hydrogens (tertiary/aromatic N) is 4. The average molecular weight is 530 g/mol. The summed E-state index contributed by atoms with van der Waals surface area (Å²) in [6.45, 7) is 7.39. The van der Waals surface area contributed by atoms with Crippen LogP contribution < -0.4 is 10.2 Å². The Labute approximate surface area is 225 Å². The van der Waals surface area contributed by atoms with E-state index in [1.54, 1.807) is 23.9 Å². The molecule has 3 heterocycles. The number of nitro groups is 1. The van der Waals surface area contributed by atoms with Gasteiger partial charge in [0.05, 0.1) is 22.7 Å². The molecule has 1 aliphatic rings. The Hall–Kier alpha value is -3.69. The van der Waals surface area contributed by atoms with Crippen molar-refractivity contribution >= 4 is 40.5 Å². The molecule has 1 aliphatic heterocycles. The molecule has 7 nitrogen and oxygen atoms in total. The van der Waals surface area contributed by atoms with E-state index < -0.39 is 0 Å². The summed E-state index contributed by atoms with van der Waals surface area (Å²) < 4.78 is 2.33. The number of nitrogens with one attached hydrogen (secondary N) is 1. The zero-order chi connectivity index (χ0) is 26.1. The SMILES string of the molecule is CCn1c(C)cc([C@H]2[C@H](c3ccccn3)NC(=S)N2c2ccc(Sc3ccc([N+](=O)[O-])cc3)cc2)c1C. The van der Waals surface area contributed by atoms with Crippen LogP contribution in [-0.2, 0) is 6.54 Å². The van der Waals surface area contributed by atoms with Crippen LogP contribution in [0, 0.1) is 24.0 Å². The second kappa shape index (κ2) is 10.4. The zero-order valence-electron chi connectivity index (χ0n) is 20.8. The number of anilines is 1. The van der Waals surface area contributed by atoms with Gasteiger partial charge < -0.3 is 14.8 Å². The molecule has 0 saturated carbocycles. The van der Waals surface area contributed by atoms with Crippen LogP contribution in [0.4, 0.5) is 11.4 Å². The summed E-state index contributed by atoms with van der Waals surface area (Å²) >= 11 is 7.44. The van der Waals surface area contributed by atoms with Crippen molar-refractivity contribution < 1.29 is 4.92 Å². The van der Waals surface area contributed by atoms with Crippen LogP contribution in [-0.4, -0.2) is 19.6 Å². The lowest BCUT2D eigenvalue weighted by molar-refractivity contribution is -0.384. The van der Waals surface area contributed by atoms with Gasteiger partial charge in [0, 0.05) is 51.7 Å². The van der Waals surface area contributed by atoms with Crippen LogP contribution >= 0.6 is 24.0 Å². The fraction of sp³-hybridized carbons (Fsp3) is 0.214. The average Bonchev–Trinajstić information content (AvgIpc) is 3.39. The minimum atomic E-state index is -0.386. The summed E-state index contributed by atoms with van der Waals surface area (Å²) in [5.74, 6) is 0. The molecule has 1 N–H and O–H groups in total. The first-order valence-electron chi connectivity index (χ1n) is 12.1. The number of nitro benzene ring substituents is 1. The van der Waals surface area contributed by atoms with Crippen LogP contribution in [0.2, 0.25) is 0 Å². The summed E-state index contributed by atoms with van der Waals surface area (Å²) in [6.07, 6.45) is 1.82. The molecule has 2 aromatic carbocycles. The van der Waals surface area contributed by atoms with Crippen molar-refractivity contribution in [1.29, 1.82) is 0 Å². The molecule has 2 aromatic heterocycles. The van der Waals surface area contributed by atoms with Gasteiger partial charge in [0.15, 0.2) is 5.11 Å². The Morgan fingerprint density at radius 1 is 1.05 bits per heavy atom. The molecule has 0 bridgehead atoms. The molecular formula is C28H27N5O2S2. The number of aryl methyl sites for hydroxylation is 1. The Morgan fingerprint density at radius 3 is 2.30 bits per heavy atom. The summed E-state index contributed by atoms with van der Waals surface area (Å²) in [4.78, 5) is 19.4. The second-order valence-corrected chi connectivity index (χ2v) is 10.4. The monoisotopic (exact) mass is 529 g/mol. The minimum absolute atomic E-state index is 0.0536. The molecule has 5 rings (SSSR count). The lowest BCUT2D eigenvalue weighted by atomic mass is 9.96. The van der Waals surface area contributed by atoms with E-state index in [0.29, 0.717) is 5.11 Å². The third kappa shape index (κ3) is 4.84. The summed E-state index contributed by atoms with van der Waals surface area (Å²) in [7, 11) is 0. The van der Waals surface area contributed by atoms with Crippen molar-refractivity contribution in [3.05, 3.63) is 112 Å². The number of benzene rings is 2. The number of hydrogen-bond donors (Lipinski definition) is 1. The fourth-order valence-electron chi connectivity index (χ4n) is 5.01. The maximum Gasteiger partial charge on any atom is 0.269 e. The Kier molecular flexibility index (Phi) is 6.99. The Balaban J connectivity index is 1.48. The number of rotatable bonds is 7. The van der Waals surface area contributed by atoms with Crippen LogP contribution in [0.3, 0.4) is 0 Å². The highest BCUT2D eigenvalue weighted by Crippen LogP contribution is 2.43. The normalized spacial score (nSPS) is 17.2. The maximum atomic E-state index is 10.9. The van der Waals surface area contributed by atoms with Gasteiger partial charge in [0.25, 0.3) is 5.69 Å². The topological polar surface area (TPSA) is 76.2 Å². The Bertz CT molecular complexity index is 1440. The molecule has 188 valence electrons. The molecule has 1 saturated heterocycles. The zero-order valence-corrected chi connectivity index (χ0v) is 22.4. The number of non-ortho nitro benzene ring substituents is 1. The van der Waals surface area contributed by atoms with Crippen molar-refractivity contribution in [2.45, 2.75) is 49.2 Å². The van der Waals surface area contributed by atoms with Crippen LogP contribution in [0.1, 0.15) is 41.7 Å². The summed E-state index contributed by atoms with van der Waals surface area (Å²) in [5, 5.41) is 15.1. The van der Waals surface area contributed by atoms with Gasteiger partial charge in [0.1, 0.15) is 0 Å². The van der Waals surface area contributed by atoms with Crippen LogP contribution in [0.15, 0.2) is 88.8 Å². The van der Waals surface area contributed by atoms with Crippen LogP contribution in [0.25, 0.3) is 0 Å². The number of pyridine rings is 1. The van der Waals surface area contributed by atoms with E-state index in [9.17, 15) is 10.1 Å². The van der Waals surface area contributed by atoms with Gasteiger partial charge in [0.2, 0.25) is 0 Å². The van der Waals surface area contributed by atoms with Gasteiger partial charge >= 0.3 is 0 Å². The number of hydrogen-bond acceptors (Lipinski definition) is 5. The quantitative estimate of drug-likeness (QED) is 0.161. The van der Waals surface area contributed by atoms with E-state index >= 15 is 0 Å². The molecule has 0 aliphatic carbocycles. The van der Waals surface area contributed by atoms with Crippen molar-refractivity contribution in [2.75, 3.05) is 4.90 Å². The van der Waals surface area contributed by atoms with E-state index in [4.69, 9.17) is 12.2 Å². The maximum absolute atomic E-state index is 10.9. The molecular weight excluding hydrogens is 502 g/mol. The lowest BCUT2D eigenvalue weighted by Crippen LogP contribution is -2.29. The number of thiocarbonyl (C=S) groups is 1. The minimum Gasteiger partial charge on any atom is -0.351 e. The van der Waals surface area contributed by atoms with Gasteiger partial charge in [-0.2, -0.15) is 0 Å². The number of aromatic nitrogens is 2. The molecule has 2 atom stereocenters. The lowest BCUT2D eigenvalue weighted by Gasteiger charge is -2.28. The van der Waals surface area contributed by atoms with E-state index in [1.807, 2.05) is 24.4 Å². The third-order valence-electron chi connectivity index (χ3n) is 6.74. The highest BCUT2D eigenvalue weighted by molar-refractivity contribution is 7.99. The summed E-state index contributed by atoms with van der Waals surface area (Å²) in [6, 6.07) is 23.0. The van der Waals surface area contributed by atoms with E-state index in [1.165, 1.54) is 29.1 Å². The van der Waals surface area contributed by atoms with E-state index in [-0.39, 0.29) is 22.7 Å². The van der Waals surface area contributed by atoms with Crippen molar-refractivity contribution in [3.63, 3.8) is 0 Å². The largest absolute Gasteiger partial charge is 0.351 e. The molecule has 4 aromatic rings. The molecule has 0 spiro atoms. The highest BCUT2D eigenvalue weighted by Gasteiger charge is 2.42. The molecule has 0 radical (unpaired) electrons. The van der Waals surface area contributed by atoms with Gasteiger partial charge in [-0.15, -0.1) is 0 Å². The first kappa shape index (κ1) is 25.0. The molecule has 1 fully saturated rings. The standard InChI is InChI=1S/C28H27N5O2S2/c1-4-31-18(2)17-24(19(31)3)27-26(25-7-5-6-16-29-25)30-28(36)32(27)20-8-12-22(13-9-20)37-23-14-10-21(11-15-23)33(34)35/h5-17,26-27H,4H2,1-3H3,(H,30,36)/t26-,27-/m0/s1.